The Balaban J connectivity index is 2.97. The average Bonchev–Trinajstić information content (AvgIpc) is 2.49. The summed E-state index contributed by atoms with van der Waals surface area (Å²) in [6.07, 6.45) is -3.90. The molecule has 0 aliphatic heterocycles. The SMILES string of the molecule is CC(=O)NCCN(C(=O)c1ccc(C(F)(F)F)nc1)C(C)C(=O)O. The minimum absolute atomic E-state index is 0.00670. The van der Waals surface area contributed by atoms with E-state index < -0.39 is 29.8 Å². The molecule has 1 unspecified atom stereocenters. The molecule has 0 spiro atoms. The van der Waals surface area contributed by atoms with Gasteiger partial charge in [-0.1, -0.05) is 0 Å². The van der Waals surface area contributed by atoms with E-state index in [1.54, 1.807) is 0 Å². The minimum atomic E-state index is -4.64. The van der Waals surface area contributed by atoms with Crippen LogP contribution in [0.3, 0.4) is 0 Å². The number of nitrogens with zero attached hydrogens (tertiary/aromatic N) is 2. The van der Waals surface area contributed by atoms with Crippen molar-refractivity contribution < 1.29 is 32.7 Å². The van der Waals surface area contributed by atoms with Crippen LogP contribution in [0, 0.1) is 0 Å². The number of carbonyl (C=O) groups excluding carboxylic acids is 2. The molecule has 0 radical (unpaired) electrons. The van der Waals surface area contributed by atoms with Gasteiger partial charge in [-0.15, -0.1) is 0 Å². The summed E-state index contributed by atoms with van der Waals surface area (Å²) in [4.78, 5) is 38.4. The number of nitrogens with one attached hydrogen (secondary N) is 1. The molecule has 0 saturated heterocycles. The summed E-state index contributed by atoms with van der Waals surface area (Å²) in [5, 5.41) is 11.5. The van der Waals surface area contributed by atoms with Gasteiger partial charge in [0.2, 0.25) is 5.91 Å². The van der Waals surface area contributed by atoms with Gasteiger partial charge in [0.25, 0.3) is 5.91 Å². The molecular weight excluding hydrogens is 331 g/mol. The van der Waals surface area contributed by atoms with E-state index in [1.807, 2.05) is 0 Å². The number of aromatic nitrogens is 1. The Morgan fingerprint density at radius 2 is 1.96 bits per heavy atom. The lowest BCUT2D eigenvalue weighted by Gasteiger charge is -2.26. The number of amides is 2. The van der Waals surface area contributed by atoms with Crippen LogP contribution in [0.4, 0.5) is 13.2 Å². The Labute approximate surface area is 135 Å². The van der Waals surface area contributed by atoms with E-state index in [0.717, 1.165) is 17.2 Å². The van der Waals surface area contributed by atoms with Crippen molar-refractivity contribution in [2.24, 2.45) is 0 Å². The van der Waals surface area contributed by atoms with E-state index in [2.05, 4.69) is 10.3 Å². The van der Waals surface area contributed by atoms with Gasteiger partial charge in [0.05, 0.1) is 5.56 Å². The first-order chi connectivity index (χ1) is 11.0. The van der Waals surface area contributed by atoms with Crippen LogP contribution in [-0.4, -0.2) is 51.9 Å². The predicted octanol–water partition coefficient (Wildman–Crippen LogP) is 1.15. The van der Waals surface area contributed by atoms with Gasteiger partial charge in [-0.3, -0.25) is 14.6 Å². The first-order valence-electron chi connectivity index (χ1n) is 6.85. The highest BCUT2D eigenvalue weighted by molar-refractivity contribution is 5.96. The third kappa shape index (κ3) is 5.21. The fourth-order valence-electron chi connectivity index (χ4n) is 1.81. The summed E-state index contributed by atoms with van der Waals surface area (Å²) in [6, 6.07) is 0.344. The largest absolute Gasteiger partial charge is 0.480 e. The van der Waals surface area contributed by atoms with E-state index in [4.69, 9.17) is 5.11 Å². The van der Waals surface area contributed by atoms with Gasteiger partial charge in [-0.2, -0.15) is 13.2 Å². The van der Waals surface area contributed by atoms with Crippen molar-refractivity contribution in [1.29, 1.82) is 0 Å². The van der Waals surface area contributed by atoms with E-state index in [9.17, 15) is 27.6 Å². The summed E-state index contributed by atoms with van der Waals surface area (Å²) in [6.45, 7) is 2.40. The topological polar surface area (TPSA) is 99.6 Å². The molecule has 1 atom stereocenters. The van der Waals surface area contributed by atoms with Crippen molar-refractivity contribution in [3.63, 3.8) is 0 Å². The number of rotatable bonds is 6. The number of halogens is 3. The number of pyridine rings is 1. The van der Waals surface area contributed by atoms with Crippen LogP contribution in [0.25, 0.3) is 0 Å². The molecule has 1 heterocycles. The van der Waals surface area contributed by atoms with E-state index in [0.29, 0.717) is 6.07 Å². The first kappa shape index (κ1) is 19.4. The zero-order valence-corrected chi connectivity index (χ0v) is 12.9. The van der Waals surface area contributed by atoms with Crippen LogP contribution in [0.2, 0.25) is 0 Å². The molecule has 132 valence electrons. The van der Waals surface area contributed by atoms with E-state index in [1.165, 1.54) is 13.8 Å². The molecule has 24 heavy (non-hydrogen) atoms. The number of hydrogen-bond acceptors (Lipinski definition) is 4. The van der Waals surface area contributed by atoms with E-state index >= 15 is 0 Å². The molecule has 0 aliphatic rings. The van der Waals surface area contributed by atoms with Crippen molar-refractivity contribution in [3.05, 3.63) is 29.6 Å². The van der Waals surface area contributed by atoms with Gasteiger partial charge < -0.3 is 15.3 Å². The number of aliphatic carboxylic acids is 1. The van der Waals surface area contributed by atoms with Crippen molar-refractivity contribution in [2.45, 2.75) is 26.1 Å². The maximum absolute atomic E-state index is 12.5. The Kier molecular flexibility index (Phi) is 6.27. The summed E-state index contributed by atoms with van der Waals surface area (Å²) < 4.78 is 37.4. The molecule has 1 aromatic rings. The standard InChI is InChI=1S/C14H16F3N3O4/c1-8(13(23)24)20(6-5-18-9(2)21)12(22)10-3-4-11(19-7-10)14(15,16)17/h3-4,7-8H,5-6H2,1-2H3,(H,18,21)(H,23,24). The number of hydrogen-bond donors (Lipinski definition) is 2. The third-order valence-electron chi connectivity index (χ3n) is 3.11. The molecule has 2 N–H and O–H groups in total. The third-order valence-corrected chi connectivity index (χ3v) is 3.11. The second kappa shape index (κ2) is 7.75. The van der Waals surface area contributed by atoms with Gasteiger partial charge in [0.1, 0.15) is 11.7 Å². The van der Waals surface area contributed by atoms with Gasteiger partial charge in [-0.05, 0) is 19.1 Å². The summed E-state index contributed by atoms with van der Waals surface area (Å²) in [7, 11) is 0. The fraction of sp³-hybridized carbons (Fsp3) is 0.429. The molecule has 0 bridgehead atoms. The van der Waals surface area contributed by atoms with Crippen LogP contribution in [0.1, 0.15) is 29.9 Å². The molecule has 0 saturated carbocycles. The molecule has 0 aliphatic carbocycles. The van der Waals surface area contributed by atoms with Crippen molar-refractivity contribution in [1.82, 2.24) is 15.2 Å². The molecule has 7 nitrogen and oxygen atoms in total. The summed E-state index contributed by atoms with van der Waals surface area (Å²) in [5.74, 6) is -2.44. The lowest BCUT2D eigenvalue weighted by molar-refractivity contribution is -0.142. The lowest BCUT2D eigenvalue weighted by Crippen LogP contribution is -2.46. The molecule has 1 rings (SSSR count). The average molecular weight is 347 g/mol. The second-order valence-electron chi connectivity index (χ2n) is 4.93. The maximum Gasteiger partial charge on any atom is 0.433 e. The number of alkyl halides is 3. The van der Waals surface area contributed by atoms with Crippen LogP contribution >= 0.6 is 0 Å². The number of carbonyl (C=O) groups is 3. The van der Waals surface area contributed by atoms with Crippen LogP contribution in [0.5, 0.6) is 0 Å². The smallest absolute Gasteiger partial charge is 0.433 e. The first-order valence-corrected chi connectivity index (χ1v) is 6.85. The molecule has 0 fully saturated rings. The zero-order valence-electron chi connectivity index (χ0n) is 12.9. The van der Waals surface area contributed by atoms with Gasteiger partial charge in [0.15, 0.2) is 0 Å². The van der Waals surface area contributed by atoms with Gasteiger partial charge in [0, 0.05) is 26.2 Å². The van der Waals surface area contributed by atoms with Crippen molar-refractivity contribution >= 4 is 17.8 Å². The van der Waals surface area contributed by atoms with Gasteiger partial charge >= 0.3 is 12.1 Å². The number of carboxylic acid groups (broad SMARTS) is 1. The Morgan fingerprint density at radius 3 is 2.38 bits per heavy atom. The predicted molar refractivity (Wildman–Crippen MR) is 76.1 cm³/mol. The van der Waals surface area contributed by atoms with Crippen LogP contribution < -0.4 is 5.32 Å². The van der Waals surface area contributed by atoms with Crippen molar-refractivity contribution in [2.75, 3.05) is 13.1 Å². The lowest BCUT2D eigenvalue weighted by atomic mass is 10.2. The Hall–Kier alpha value is -2.65. The van der Waals surface area contributed by atoms with Crippen LogP contribution in [0.15, 0.2) is 18.3 Å². The fourth-order valence-corrected chi connectivity index (χ4v) is 1.81. The Bertz CT molecular complexity index is 617. The molecule has 1 aromatic heterocycles. The highest BCUT2D eigenvalue weighted by atomic mass is 19.4. The number of carboxylic acids is 1. The quantitative estimate of drug-likeness (QED) is 0.804. The zero-order chi connectivity index (χ0) is 18.5. The molecular formula is C14H16F3N3O4. The minimum Gasteiger partial charge on any atom is -0.480 e. The Morgan fingerprint density at radius 1 is 1.33 bits per heavy atom. The maximum atomic E-state index is 12.5. The second-order valence-corrected chi connectivity index (χ2v) is 4.93. The summed E-state index contributed by atoms with van der Waals surface area (Å²) in [5.41, 5.74) is -1.34. The summed E-state index contributed by atoms with van der Waals surface area (Å²) >= 11 is 0. The monoisotopic (exact) mass is 347 g/mol. The normalized spacial score (nSPS) is 12.4. The molecule has 0 aromatic carbocycles. The van der Waals surface area contributed by atoms with Gasteiger partial charge in [-0.25, -0.2) is 4.79 Å². The van der Waals surface area contributed by atoms with Crippen LogP contribution in [-0.2, 0) is 15.8 Å². The van der Waals surface area contributed by atoms with E-state index in [-0.39, 0.29) is 24.6 Å². The molecule has 2 amide bonds. The highest BCUT2D eigenvalue weighted by Gasteiger charge is 2.33. The molecule has 10 heteroatoms. The highest BCUT2D eigenvalue weighted by Crippen LogP contribution is 2.27. The van der Waals surface area contributed by atoms with Crippen molar-refractivity contribution in [3.8, 4) is 0 Å².